The molecule has 2 N–H and O–H groups in total. The summed E-state index contributed by atoms with van der Waals surface area (Å²) in [4.78, 5) is 0. The largest absolute Gasteiger partial charge is 0.373 e. The molecule has 0 amide bonds. The highest BCUT2D eigenvalue weighted by Crippen LogP contribution is 1.72. The second kappa shape index (κ2) is 15.8. The number of rotatable bonds is 4. The van der Waals surface area contributed by atoms with Crippen LogP contribution in [0.25, 0.3) is 0 Å². The maximum absolute atomic E-state index is 6.62. The Morgan fingerprint density at radius 1 is 1.10 bits per heavy atom. The van der Waals surface area contributed by atoms with Gasteiger partial charge in [0.15, 0.2) is 0 Å². The van der Waals surface area contributed by atoms with E-state index in [0.717, 1.165) is 0 Å². The first-order valence-corrected chi connectivity index (χ1v) is 2.58. The van der Waals surface area contributed by atoms with Gasteiger partial charge in [0.25, 0.3) is 0 Å². The van der Waals surface area contributed by atoms with Crippen LogP contribution in [-0.4, -0.2) is 23.7 Å². The fraction of sp³-hybridized carbons (Fsp3) is 0.333. The van der Waals surface area contributed by atoms with Gasteiger partial charge in [-0.25, -0.2) is 10.5 Å². The van der Waals surface area contributed by atoms with Crippen molar-refractivity contribution >= 4 is 0 Å². The van der Waals surface area contributed by atoms with Crippen LogP contribution in [0.15, 0.2) is 25.3 Å². The standard InChI is InChI=1S/C6H10O.H2O3/c1-3-5-7-6-4-2;1-3-2/h3-4H,1-2,5-6H2;1-2H. The fourth-order valence-electron chi connectivity index (χ4n) is 0.235. The first kappa shape index (κ1) is 12.0. The fourth-order valence-corrected chi connectivity index (χ4v) is 0.235. The number of ether oxygens (including phenoxy) is 1. The molecule has 0 spiro atoms. The molecule has 0 aromatic carbocycles. The maximum atomic E-state index is 6.62. The van der Waals surface area contributed by atoms with Gasteiger partial charge >= 0.3 is 0 Å². The van der Waals surface area contributed by atoms with Crippen LogP contribution in [0.5, 0.6) is 0 Å². The van der Waals surface area contributed by atoms with E-state index < -0.39 is 0 Å². The van der Waals surface area contributed by atoms with Crippen molar-refractivity contribution in [3.63, 3.8) is 0 Å². The van der Waals surface area contributed by atoms with Crippen molar-refractivity contribution in [3.8, 4) is 0 Å². The van der Waals surface area contributed by atoms with Crippen molar-refractivity contribution < 1.29 is 20.3 Å². The van der Waals surface area contributed by atoms with Gasteiger partial charge in [0, 0.05) is 0 Å². The minimum atomic E-state index is 0.617. The van der Waals surface area contributed by atoms with E-state index in [2.05, 4.69) is 18.2 Å². The van der Waals surface area contributed by atoms with Crippen LogP contribution >= 0.6 is 0 Å². The highest BCUT2D eigenvalue weighted by Gasteiger charge is 1.70. The van der Waals surface area contributed by atoms with E-state index in [1.165, 1.54) is 0 Å². The smallest absolute Gasteiger partial charge is 0.0649 e. The zero-order valence-electron chi connectivity index (χ0n) is 5.69. The molecule has 4 nitrogen and oxygen atoms in total. The lowest BCUT2D eigenvalue weighted by Crippen LogP contribution is -1.87. The minimum Gasteiger partial charge on any atom is -0.373 e. The molecule has 0 aliphatic rings. The van der Waals surface area contributed by atoms with Crippen molar-refractivity contribution in [1.82, 2.24) is 0 Å². The Balaban J connectivity index is 0. The van der Waals surface area contributed by atoms with Crippen molar-refractivity contribution in [2.45, 2.75) is 0 Å². The quantitative estimate of drug-likeness (QED) is 0.273. The summed E-state index contributed by atoms with van der Waals surface area (Å²) in [6, 6.07) is 0. The average molecular weight is 148 g/mol. The predicted molar refractivity (Wildman–Crippen MR) is 37.6 cm³/mol. The lowest BCUT2D eigenvalue weighted by molar-refractivity contribution is -0.465. The maximum Gasteiger partial charge on any atom is 0.0649 e. The molecule has 0 aliphatic carbocycles. The zero-order valence-corrected chi connectivity index (χ0v) is 5.69. The van der Waals surface area contributed by atoms with Crippen LogP contribution in [0.1, 0.15) is 0 Å². The molecule has 0 saturated carbocycles. The molecule has 0 heterocycles. The Labute approximate surface area is 59.9 Å². The van der Waals surface area contributed by atoms with Gasteiger partial charge in [0.1, 0.15) is 0 Å². The molecule has 4 heteroatoms. The predicted octanol–water partition coefficient (Wildman–Crippen LogP) is 1.32. The summed E-state index contributed by atoms with van der Waals surface area (Å²) >= 11 is 0. The summed E-state index contributed by atoms with van der Waals surface area (Å²) in [5, 5.41) is 15.5. The van der Waals surface area contributed by atoms with Gasteiger partial charge in [-0.1, -0.05) is 17.2 Å². The van der Waals surface area contributed by atoms with E-state index in [1.54, 1.807) is 12.2 Å². The molecule has 60 valence electrons. The third-order valence-corrected chi connectivity index (χ3v) is 0.471. The van der Waals surface area contributed by atoms with Crippen LogP contribution in [0.4, 0.5) is 0 Å². The van der Waals surface area contributed by atoms with E-state index in [0.29, 0.717) is 13.2 Å². The molecule has 10 heavy (non-hydrogen) atoms. The monoisotopic (exact) mass is 148 g/mol. The average Bonchev–Trinajstić information content (AvgIpc) is 1.91. The number of hydrogen-bond acceptors (Lipinski definition) is 4. The highest BCUT2D eigenvalue weighted by atomic mass is 17.4. The molecule has 0 bridgehead atoms. The van der Waals surface area contributed by atoms with Crippen LogP contribution < -0.4 is 0 Å². The minimum absolute atomic E-state index is 0.617. The van der Waals surface area contributed by atoms with Gasteiger partial charge in [-0.2, -0.15) is 0 Å². The summed E-state index contributed by atoms with van der Waals surface area (Å²) in [7, 11) is 0. The molecule has 0 radical (unpaired) electrons. The first-order valence-electron chi connectivity index (χ1n) is 2.58. The van der Waals surface area contributed by atoms with E-state index in [1.807, 2.05) is 0 Å². The number of hydrogen-bond donors (Lipinski definition) is 2. The summed E-state index contributed by atoms with van der Waals surface area (Å²) in [6.45, 7) is 8.18. The molecule has 0 unspecified atom stereocenters. The third kappa shape index (κ3) is 26.5. The summed E-state index contributed by atoms with van der Waals surface area (Å²) < 4.78 is 4.90. The van der Waals surface area contributed by atoms with Crippen molar-refractivity contribution in [2.75, 3.05) is 13.2 Å². The second-order valence-corrected chi connectivity index (χ2v) is 1.20. The lowest BCUT2D eigenvalue weighted by atomic mass is 10.6. The van der Waals surface area contributed by atoms with Crippen LogP contribution in [-0.2, 0) is 9.78 Å². The van der Waals surface area contributed by atoms with E-state index in [-0.39, 0.29) is 0 Å². The summed E-state index contributed by atoms with van der Waals surface area (Å²) in [5.74, 6) is 0. The van der Waals surface area contributed by atoms with Crippen LogP contribution in [0.2, 0.25) is 0 Å². The molecule has 0 aromatic rings. The molecule has 0 fully saturated rings. The van der Waals surface area contributed by atoms with E-state index in [9.17, 15) is 0 Å². The SMILES string of the molecule is C=CCOCC=C.OOO. The van der Waals surface area contributed by atoms with Crippen molar-refractivity contribution in [1.29, 1.82) is 0 Å². The van der Waals surface area contributed by atoms with Crippen LogP contribution in [0, 0.1) is 0 Å². The van der Waals surface area contributed by atoms with Crippen molar-refractivity contribution in [3.05, 3.63) is 25.3 Å². The zero-order chi connectivity index (χ0) is 8.24. The summed E-state index contributed by atoms with van der Waals surface area (Å²) in [6.07, 6.45) is 3.42. The molecular formula is C6H12O4. The Hall–Kier alpha value is -0.680. The van der Waals surface area contributed by atoms with E-state index in [4.69, 9.17) is 15.3 Å². The van der Waals surface area contributed by atoms with E-state index >= 15 is 0 Å². The van der Waals surface area contributed by atoms with Crippen LogP contribution in [0.3, 0.4) is 0 Å². The molecule has 0 aromatic heterocycles. The Kier molecular flexibility index (Phi) is 19.0. The van der Waals surface area contributed by atoms with Gasteiger partial charge < -0.3 is 4.74 Å². The third-order valence-electron chi connectivity index (χ3n) is 0.471. The van der Waals surface area contributed by atoms with Gasteiger partial charge in [-0.05, 0) is 0 Å². The Morgan fingerprint density at radius 3 is 1.60 bits per heavy atom. The van der Waals surface area contributed by atoms with Gasteiger partial charge in [-0.15, -0.1) is 13.2 Å². The normalized spacial score (nSPS) is 7.40. The Morgan fingerprint density at radius 2 is 1.40 bits per heavy atom. The molecule has 0 aliphatic heterocycles. The molecule has 0 saturated heterocycles. The molecule has 0 rings (SSSR count). The second-order valence-electron chi connectivity index (χ2n) is 1.20. The topological polar surface area (TPSA) is 58.9 Å². The summed E-state index contributed by atoms with van der Waals surface area (Å²) in [5.41, 5.74) is 0. The molecular weight excluding hydrogens is 136 g/mol. The highest BCUT2D eigenvalue weighted by molar-refractivity contribution is 4.68. The molecule has 0 atom stereocenters. The van der Waals surface area contributed by atoms with Gasteiger partial charge in [-0.3, -0.25) is 0 Å². The lowest BCUT2D eigenvalue weighted by Gasteiger charge is -1.89. The van der Waals surface area contributed by atoms with Gasteiger partial charge in [0.05, 0.1) is 13.2 Å². The van der Waals surface area contributed by atoms with Gasteiger partial charge in [0.2, 0.25) is 0 Å². The van der Waals surface area contributed by atoms with Crippen molar-refractivity contribution in [2.24, 2.45) is 0 Å². The first-order chi connectivity index (χ1) is 4.83. The Bertz CT molecular complexity index is 64.1.